The molecule has 0 bridgehead atoms. The van der Waals surface area contributed by atoms with Crippen molar-refractivity contribution >= 4 is 27.7 Å². The molecule has 0 aromatic heterocycles. The topological polar surface area (TPSA) is 61.4 Å². The molecule has 0 saturated carbocycles. The second kappa shape index (κ2) is 6.16. The predicted molar refractivity (Wildman–Crippen MR) is 75.4 cm³/mol. The van der Waals surface area contributed by atoms with Crippen LogP contribution in [0.2, 0.25) is 0 Å². The molecule has 0 aliphatic carbocycles. The molecular weight excluding hydrogens is 310 g/mol. The van der Waals surface area contributed by atoms with Gasteiger partial charge in [-0.25, -0.2) is 0 Å². The molecule has 1 fully saturated rings. The number of carbonyl (C=O) groups excluding carboxylic acids is 2. The smallest absolute Gasteiger partial charge is 0.241 e. The fraction of sp³-hybridized carbons (Fsp3) is 0.385. The third-order valence-corrected chi connectivity index (χ3v) is 3.49. The van der Waals surface area contributed by atoms with Crippen molar-refractivity contribution in [3.8, 4) is 0 Å². The molecule has 1 aliphatic rings. The Morgan fingerprint density at radius 1 is 1.53 bits per heavy atom. The number of likely N-dealkylation sites (N-methyl/N-ethyl adjacent to an activating group) is 1. The minimum Gasteiger partial charge on any atom is -0.353 e. The van der Waals surface area contributed by atoms with Gasteiger partial charge in [-0.05, 0) is 17.7 Å². The Morgan fingerprint density at radius 3 is 2.95 bits per heavy atom. The second-order valence-corrected chi connectivity index (χ2v) is 5.48. The lowest BCUT2D eigenvalue weighted by atomic mass is 10.1. The molecule has 6 heteroatoms. The summed E-state index contributed by atoms with van der Waals surface area (Å²) in [6.07, 6.45) is 0. The average Bonchev–Trinajstić information content (AvgIpc) is 2.39. The van der Waals surface area contributed by atoms with Crippen molar-refractivity contribution in [3.05, 3.63) is 34.3 Å². The van der Waals surface area contributed by atoms with Crippen LogP contribution in [-0.4, -0.2) is 42.9 Å². The molecule has 1 aromatic rings. The van der Waals surface area contributed by atoms with E-state index in [4.69, 9.17) is 0 Å². The number of rotatable bonds is 3. The van der Waals surface area contributed by atoms with E-state index in [0.717, 1.165) is 10.0 Å². The Hall–Kier alpha value is -1.40. The van der Waals surface area contributed by atoms with Gasteiger partial charge < -0.3 is 10.2 Å². The third-order valence-electron chi connectivity index (χ3n) is 3.00. The van der Waals surface area contributed by atoms with Crippen molar-refractivity contribution in [1.82, 2.24) is 15.5 Å². The van der Waals surface area contributed by atoms with E-state index < -0.39 is 0 Å². The molecule has 0 radical (unpaired) electrons. The number of benzene rings is 1. The zero-order valence-electron chi connectivity index (χ0n) is 10.6. The molecular formula is C13H16BrN3O2. The first-order valence-electron chi connectivity index (χ1n) is 6.06. The standard InChI is InChI=1S/C13H16BrN3O2/c1-17(8-9-3-2-4-10(14)5-9)13(19)11-6-16-12(18)7-15-11/h2-5,11,15H,6-8H2,1H3,(H,16,18). The van der Waals surface area contributed by atoms with Gasteiger partial charge in [0.05, 0.1) is 6.54 Å². The fourth-order valence-electron chi connectivity index (χ4n) is 1.99. The molecule has 5 nitrogen and oxygen atoms in total. The third kappa shape index (κ3) is 3.78. The molecule has 102 valence electrons. The zero-order chi connectivity index (χ0) is 13.8. The monoisotopic (exact) mass is 325 g/mol. The van der Waals surface area contributed by atoms with Crippen molar-refractivity contribution in [1.29, 1.82) is 0 Å². The lowest BCUT2D eigenvalue weighted by Crippen LogP contribution is -2.58. The highest BCUT2D eigenvalue weighted by Gasteiger charge is 2.26. The van der Waals surface area contributed by atoms with E-state index in [2.05, 4.69) is 26.6 Å². The van der Waals surface area contributed by atoms with Gasteiger partial charge in [-0.15, -0.1) is 0 Å². The van der Waals surface area contributed by atoms with Crippen LogP contribution in [0.1, 0.15) is 5.56 Å². The van der Waals surface area contributed by atoms with Gasteiger partial charge in [0.15, 0.2) is 0 Å². The van der Waals surface area contributed by atoms with Crippen LogP contribution in [0.4, 0.5) is 0 Å². The van der Waals surface area contributed by atoms with E-state index in [0.29, 0.717) is 13.1 Å². The fourth-order valence-corrected chi connectivity index (χ4v) is 2.44. The van der Waals surface area contributed by atoms with Gasteiger partial charge in [-0.1, -0.05) is 28.1 Å². The predicted octanol–water partition coefficient (Wildman–Crippen LogP) is 0.495. The second-order valence-electron chi connectivity index (χ2n) is 4.56. The molecule has 2 amide bonds. The Kier molecular flexibility index (Phi) is 4.55. The van der Waals surface area contributed by atoms with Gasteiger partial charge in [0.1, 0.15) is 6.04 Å². The number of nitrogens with zero attached hydrogens (tertiary/aromatic N) is 1. The number of nitrogens with one attached hydrogen (secondary N) is 2. The van der Waals surface area contributed by atoms with Crippen LogP contribution in [0, 0.1) is 0 Å². The van der Waals surface area contributed by atoms with E-state index >= 15 is 0 Å². The normalized spacial score (nSPS) is 18.8. The summed E-state index contributed by atoms with van der Waals surface area (Å²) in [4.78, 5) is 24.9. The summed E-state index contributed by atoms with van der Waals surface area (Å²) in [7, 11) is 1.77. The Bertz CT molecular complexity index is 483. The van der Waals surface area contributed by atoms with Crippen molar-refractivity contribution in [2.45, 2.75) is 12.6 Å². The average molecular weight is 326 g/mol. The number of hydrogen-bond donors (Lipinski definition) is 2. The molecule has 2 N–H and O–H groups in total. The first-order valence-corrected chi connectivity index (χ1v) is 6.85. The molecule has 19 heavy (non-hydrogen) atoms. The molecule has 1 aliphatic heterocycles. The molecule has 1 heterocycles. The summed E-state index contributed by atoms with van der Waals surface area (Å²) in [5.74, 6) is -0.0846. The van der Waals surface area contributed by atoms with Gasteiger partial charge in [0.2, 0.25) is 11.8 Å². The SMILES string of the molecule is CN(Cc1cccc(Br)c1)C(=O)C1CNC(=O)CN1. The maximum atomic E-state index is 12.2. The molecule has 0 spiro atoms. The number of hydrogen-bond acceptors (Lipinski definition) is 3. The summed E-state index contributed by atoms with van der Waals surface area (Å²) in [5.41, 5.74) is 1.06. The summed E-state index contributed by atoms with van der Waals surface area (Å²) in [6, 6.07) is 7.51. The first-order chi connectivity index (χ1) is 9.06. The van der Waals surface area contributed by atoms with Crippen LogP contribution in [0.25, 0.3) is 0 Å². The van der Waals surface area contributed by atoms with Gasteiger partial charge in [0.25, 0.3) is 0 Å². The highest BCUT2D eigenvalue weighted by Crippen LogP contribution is 2.13. The number of amides is 2. The summed E-state index contributed by atoms with van der Waals surface area (Å²) >= 11 is 3.41. The van der Waals surface area contributed by atoms with Crippen LogP contribution in [0.5, 0.6) is 0 Å². The van der Waals surface area contributed by atoms with Crippen LogP contribution >= 0.6 is 15.9 Å². The lowest BCUT2D eigenvalue weighted by molar-refractivity contribution is -0.134. The zero-order valence-corrected chi connectivity index (χ0v) is 12.2. The van der Waals surface area contributed by atoms with Gasteiger partial charge in [-0.3, -0.25) is 14.9 Å². The van der Waals surface area contributed by atoms with E-state index in [-0.39, 0.29) is 24.4 Å². The highest BCUT2D eigenvalue weighted by atomic mass is 79.9. The van der Waals surface area contributed by atoms with E-state index in [1.54, 1.807) is 11.9 Å². The van der Waals surface area contributed by atoms with E-state index in [1.807, 2.05) is 24.3 Å². The molecule has 1 saturated heterocycles. The maximum absolute atomic E-state index is 12.2. The van der Waals surface area contributed by atoms with Crippen LogP contribution in [0.15, 0.2) is 28.7 Å². The first kappa shape index (κ1) is 14.0. The molecule has 1 unspecified atom stereocenters. The molecule has 1 aromatic carbocycles. The van der Waals surface area contributed by atoms with E-state index in [1.165, 1.54) is 0 Å². The van der Waals surface area contributed by atoms with E-state index in [9.17, 15) is 9.59 Å². The number of halogens is 1. The van der Waals surface area contributed by atoms with Crippen molar-refractivity contribution in [2.24, 2.45) is 0 Å². The van der Waals surface area contributed by atoms with Gasteiger partial charge in [0, 0.05) is 24.6 Å². The van der Waals surface area contributed by atoms with Crippen LogP contribution < -0.4 is 10.6 Å². The minimum absolute atomic E-state index is 0.0139. The number of carbonyl (C=O) groups is 2. The largest absolute Gasteiger partial charge is 0.353 e. The van der Waals surface area contributed by atoms with Crippen molar-refractivity contribution < 1.29 is 9.59 Å². The van der Waals surface area contributed by atoms with Gasteiger partial charge in [-0.2, -0.15) is 0 Å². The molecule has 2 rings (SSSR count). The lowest BCUT2D eigenvalue weighted by Gasteiger charge is -2.27. The van der Waals surface area contributed by atoms with Crippen molar-refractivity contribution in [3.63, 3.8) is 0 Å². The van der Waals surface area contributed by atoms with Crippen molar-refractivity contribution in [2.75, 3.05) is 20.1 Å². The summed E-state index contributed by atoms with van der Waals surface area (Å²) in [6.45, 7) is 1.09. The summed E-state index contributed by atoms with van der Waals surface area (Å²) in [5, 5.41) is 5.62. The van der Waals surface area contributed by atoms with Gasteiger partial charge >= 0.3 is 0 Å². The Balaban J connectivity index is 1.94. The highest BCUT2D eigenvalue weighted by molar-refractivity contribution is 9.10. The van der Waals surface area contributed by atoms with Crippen LogP contribution in [-0.2, 0) is 16.1 Å². The Labute approximate surface area is 120 Å². The minimum atomic E-state index is -0.338. The Morgan fingerprint density at radius 2 is 2.32 bits per heavy atom. The summed E-state index contributed by atoms with van der Waals surface area (Å²) < 4.78 is 0.994. The quantitative estimate of drug-likeness (QED) is 0.850. The maximum Gasteiger partial charge on any atom is 0.241 e. The van der Waals surface area contributed by atoms with Crippen LogP contribution in [0.3, 0.4) is 0 Å². The molecule has 1 atom stereocenters. The number of piperazine rings is 1.